The van der Waals surface area contributed by atoms with Crippen LogP contribution in [0.3, 0.4) is 0 Å². The number of aromatic nitrogens is 3. The fourth-order valence-corrected chi connectivity index (χ4v) is 3.14. The van der Waals surface area contributed by atoms with Crippen molar-refractivity contribution in [3.05, 3.63) is 68.9 Å². The summed E-state index contributed by atoms with van der Waals surface area (Å²) < 4.78 is 73.4. The molecule has 0 radical (unpaired) electrons. The average molecular weight is 507 g/mol. The van der Waals surface area contributed by atoms with Gasteiger partial charge in [0, 0.05) is 13.1 Å². The SMILES string of the molecule is CC(O)c1nn(-c2cc(OCC(F)(F)F)c(C(=O)Nc3c(F)cccc3Cl)cc2F)c(=O)n1C. The van der Waals surface area contributed by atoms with E-state index >= 15 is 0 Å². The molecule has 182 valence electrons. The van der Waals surface area contributed by atoms with Crippen molar-refractivity contribution in [3.63, 3.8) is 0 Å². The minimum Gasteiger partial charge on any atom is -0.483 e. The molecule has 0 aliphatic rings. The van der Waals surface area contributed by atoms with Crippen molar-refractivity contribution in [2.45, 2.75) is 19.2 Å². The number of rotatable bonds is 6. The summed E-state index contributed by atoms with van der Waals surface area (Å²) in [6.45, 7) is -0.559. The minimum absolute atomic E-state index is 0.154. The third-order valence-electron chi connectivity index (χ3n) is 4.50. The highest BCUT2D eigenvalue weighted by molar-refractivity contribution is 6.34. The van der Waals surface area contributed by atoms with Crippen molar-refractivity contribution < 1.29 is 36.6 Å². The monoisotopic (exact) mass is 506 g/mol. The molecule has 0 bridgehead atoms. The van der Waals surface area contributed by atoms with Crippen LogP contribution in [0.2, 0.25) is 5.02 Å². The highest BCUT2D eigenvalue weighted by Gasteiger charge is 2.30. The lowest BCUT2D eigenvalue weighted by atomic mass is 10.1. The third kappa shape index (κ3) is 5.20. The Labute approximate surface area is 193 Å². The second kappa shape index (κ2) is 9.43. The van der Waals surface area contributed by atoms with Gasteiger partial charge in [-0.25, -0.2) is 13.6 Å². The van der Waals surface area contributed by atoms with E-state index in [0.29, 0.717) is 16.8 Å². The van der Waals surface area contributed by atoms with E-state index in [-0.39, 0.29) is 10.8 Å². The largest absolute Gasteiger partial charge is 0.483 e. The fraction of sp³-hybridized carbons (Fsp3) is 0.250. The van der Waals surface area contributed by atoms with E-state index in [4.69, 9.17) is 11.6 Å². The zero-order chi connectivity index (χ0) is 25.4. The van der Waals surface area contributed by atoms with E-state index in [1.807, 2.05) is 0 Å². The molecule has 8 nitrogen and oxygen atoms in total. The van der Waals surface area contributed by atoms with Crippen LogP contribution in [0.25, 0.3) is 5.69 Å². The molecule has 0 spiro atoms. The van der Waals surface area contributed by atoms with Gasteiger partial charge in [-0.2, -0.15) is 17.9 Å². The van der Waals surface area contributed by atoms with Gasteiger partial charge in [0.25, 0.3) is 5.91 Å². The summed E-state index contributed by atoms with van der Waals surface area (Å²) in [5.74, 6) is -4.33. The van der Waals surface area contributed by atoms with Crippen molar-refractivity contribution in [3.8, 4) is 11.4 Å². The van der Waals surface area contributed by atoms with Gasteiger partial charge in [0.1, 0.15) is 29.2 Å². The highest BCUT2D eigenvalue weighted by Crippen LogP contribution is 2.30. The van der Waals surface area contributed by atoms with Crippen molar-refractivity contribution in [2.24, 2.45) is 7.05 Å². The normalized spacial score (nSPS) is 12.5. The number of para-hydroxylation sites is 1. The molecule has 0 saturated heterocycles. The maximum atomic E-state index is 14.9. The number of ether oxygens (including phenoxy) is 1. The first-order valence-electron chi connectivity index (χ1n) is 9.43. The number of hydrogen-bond acceptors (Lipinski definition) is 5. The van der Waals surface area contributed by atoms with Crippen LogP contribution in [0.15, 0.2) is 35.1 Å². The molecule has 1 heterocycles. The minimum atomic E-state index is -4.82. The zero-order valence-corrected chi connectivity index (χ0v) is 18.2. The summed E-state index contributed by atoms with van der Waals surface area (Å²) in [5.41, 5.74) is -2.79. The third-order valence-corrected chi connectivity index (χ3v) is 4.82. The van der Waals surface area contributed by atoms with Crippen LogP contribution in [0.1, 0.15) is 29.2 Å². The summed E-state index contributed by atoms with van der Waals surface area (Å²) >= 11 is 5.84. The Morgan fingerprint density at radius 2 is 1.94 bits per heavy atom. The Bertz CT molecular complexity index is 1280. The Morgan fingerprint density at radius 1 is 1.26 bits per heavy atom. The Morgan fingerprint density at radius 3 is 2.50 bits per heavy atom. The van der Waals surface area contributed by atoms with Crippen molar-refractivity contribution >= 4 is 23.2 Å². The number of anilines is 1. The van der Waals surface area contributed by atoms with E-state index in [2.05, 4.69) is 15.2 Å². The number of aliphatic hydroxyl groups is 1. The Balaban J connectivity index is 2.12. The summed E-state index contributed by atoms with van der Waals surface area (Å²) in [5, 5.41) is 15.4. The number of hydrogen-bond donors (Lipinski definition) is 2. The molecule has 3 aromatic rings. The Hall–Kier alpha value is -3.45. The smallest absolute Gasteiger partial charge is 0.422 e. The van der Waals surface area contributed by atoms with Crippen LogP contribution >= 0.6 is 11.6 Å². The first-order chi connectivity index (χ1) is 15.8. The molecule has 2 aromatic carbocycles. The van der Waals surface area contributed by atoms with E-state index in [9.17, 15) is 36.6 Å². The van der Waals surface area contributed by atoms with Crippen LogP contribution in [-0.4, -0.2) is 38.1 Å². The average Bonchev–Trinajstić information content (AvgIpc) is 3.04. The van der Waals surface area contributed by atoms with Gasteiger partial charge in [-0.3, -0.25) is 9.36 Å². The number of alkyl halides is 3. The molecule has 0 saturated carbocycles. The predicted molar refractivity (Wildman–Crippen MR) is 110 cm³/mol. The molecule has 0 aliphatic heterocycles. The van der Waals surface area contributed by atoms with Gasteiger partial charge >= 0.3 is 11.9 Å². The lowest BCUT2D eigenvalue weighted by Crippen LogP contribution is -2.25. The molecule has 1 atom stereocenters. The van der Waals surface area contributed by atoms with Crippen LogP contribution in [0, 0.1) is 11.6 Å². The molecule has 1 unspecified atom stereocenters. The number of benzene rings is 2. The predicted octanol–water partition coefficient (Wildman–Crippen LogP) is 3.75. The second-order valence-corrected chi connectivity index (χ2v) is 7.45. The van der Waals surface area contributed by atoms with Gasteiger partial charge in [0.05, 0.1) is 16.3 Å². The van der Waals surface area contributed by atoms with Crippen LogP contribution in [-0.2, 0) is 7.05 Å². The van der Waals surface area contributed by atoms with E-state index in [1.54, 1.807) is 0 Å². The number of nitrogens with one attached hydrogen (secondary N) is 1. The van der Waals surface area contributed by atoms with E-state index in [1.165, 1.54) is 26.1 Å². The topological polar surface area (TPSA) is 98.4 Å². The quantitative estimate of drug-likeness (QED) is 0.496. The maximum absolute atomic E-state index is 14.9. The van der Waals surface area contributed by atoms with E-state index < -0.39 is 64.8 Å². The van der Waals surface area contributed by atoms with Gasteiger partial charge in [0.2, 0.25) is 0 Å². The first kappa shape index (κ1) is 25.2. The maximum Gasteiger partial charge on any atom is 0.422 e. The summed E-state index contributed by atoms with van der Waals surface area (Å²) in [6, 6.07) is 4.65. The van der Waals surface area contributed by atoms with Gasteiger partial charge < -0.3 is 15.2 Å². The Kier molecular flexibility index (Phi) is 6.98. The number of carbonyl (C=O) groups excluding carboxylic acids is 1. The van der Waals surface area contributed by atoms with Gasteiger partial charge in [-0.15, -0.1) is 5.10 Å². The van der Waals surface area contributed by atoms with E-state index in [0.717, 1.165) is 10.6 Å². The van der Waals surface area contributed by atoms with Gasteiger partial charge in [-0.1, -0.05) is 17.7 Å². The summed E-state index contributed by atoms with van der Waals surface area (Å²) in [7, 11) is 1.24. The molecule has 3 rings (SSSR count). The molecule has 34 heavy (non-hydrogen) atoms. The number of halogens is 6. The summed E-state index contributed by atoms with van der Waals surface area (Å²) in [4.78, 5) is 25.1. The van der Waals surface area contributed by atoms with Crippen LogP contribution < -0.4 is 15.7 Å². The lowest BCUT2D eigenvalue weighted by molar-refractivity contribution is -0.153. The van der Waals surface area contributed by atoms with Crippen molar-refractivity contribution in [2.75, 3.05) is 11.9 Å². The summed E-state index contributed by atoms with van der Waals surface area (Å²) in [6.07, 6.45) is -6.04. The molecule has 0 fully saturated rings. The van der Waals surface area contributed by atoms with Crippen molar-refractivity contribution in [1.82, 2.24) is 14.3 Å². The molecular weight excluding hydrogens is 491 g/mol. The first-order valence-corrected chi connectivity index (χ1v) is 9.80. The number of aliphatic hydroxyl groups excluding tert-OH is 1. The molecule has 1 amide bonds. The molecular formula is C20H16ClF5N4O4. The molecule has 0 aliphatic carbocycles. The highest BCUT2D eigenvalue weighted by atomic mass is 35.5. The van der Waals surface area contributed by atoms with Crippen LogP contribution in [0.4, 0.5) is 27.6 Å². The fourth-order valence-electron chi connectivity index (χ4n) is 2.93. The lowest BCUT2D eigenvalue weighted by Gasteiger charge is -2.16. The second-order valence-electron chi connectivity index (χ2n) is 7.04. The zero-order valence-electron chi connectivity index (χ0n) is 17.5. The number of nitrogens with zero attached hydrogens (tertiary/aromatic N) is 3. The molecule has 1 aromatic heterocycles. The standard InChI is InChI=1S/C20H16ClF5N4O4/c1-9(31)17-28-30(19(33)29(17)2)14-7-15(34-8-20(24,25)26)10(6-13(14)23)18(32)27-16-11(21)4-3-5-12(16)22/h3-7,9,31H,8H2,1-2H3,(H,27,32). The van der Waals surface area contributed by atoms with Crippen LogP contribution in [0.5, 0.6) is 5.75 Å². The number of carbonyl (C=O) groups is 1. The van der Waals surface area contributed by atoms with Gasteiger partial charge in [-0.05, 0) is 25.1 Å². The van der Waals surface area contributed by atoms with Crippen molar-refractivity contribution in [1.29, 1.82) is 0 Å². The van der Waals surface area contributed by atoms with Gasteiger partial charge in [0.15, 0.2) is 12.4 Å². The molecule has 14 heteroatoms. The molecule has 2 N–H and O–H groups in total. The number of amides is 1.